The molecule has 0 fully saturated rings. The summed E-state index contributed by atoms with van der Waals surface area (Å²) in [5.41, 5.74) is 0. The first-order chi connectivity index (χ1) is 14.7. The van der Waals surface area contributed by atoms with Crippen LogP contribution in [0, 0.1) is 23.3 Å². The number of benzene rings is 2. The quantitative estimate of drug-likeness (QED) is 0.356. The molecule has 3 nitrogen and oxygen atoms in total. The summed E-state index contributed by atoms with van der Waals surface area (Å²) < 4.78 is 201. The summed E-state index contributed by atoms with van der Waals surface area (Å²) in [7, 11) is -12.2. The molecule has 0 bridgehead atoms. The van der Waals surface area contributed by atoms with Gasteiger partial charge < -0.3 is 0 Å². The van der Waals surface area contributed by atoms with Crippen LogP contribution in [0.3, 0.4) is 0 Å². The Kier molecular flexibility index (Phi) is 6.68. The molecule has 0 saturated heterocycles. The van der Waals surface area contributed by atoms with Crippen molar-refractivity contribution in [3.05, 3.63) is 59.7 Å². The molecule has 0 saturated carbocycles. The number of rotatable bonds is 7. The third kappa shape index (κ3) is 3.98. The lowest BCUT2D eigenvalue weighted by molar-refractivity contribution is -0.325. The zero-order valence-electron chi connectivity index (χ0n) is 15.0. The van der Waals surface area contributed by atoms with E-state index in [0.29, 0.717) is 0 Å². The molecular weight excluding hydrogens is 532 g/mol. The molecule has 184 valence electrons. The summed E-state index contributed by atoms with van der Waals surface area (Å²) in [5.74, 6) is -22.9. The van der Waals surface area contributed by atoms with Crippen molar-refractivity contribution in [2.24, 2.45) is 0 Å². The molecular formula is C16H6F12O3S2. The zero-order valence-corrected chi connectivity index (χ0v) is 16.7. The van der Waals surface area contributed by atoms with Crippen molar-refractivity contribution >= 4 is 20.6 Å². The van der Waals surface area contributed by atoms with Gasteiger partial charge in [0.25, 0.3) is 9.84 Å². The molecule has 17 heteroatoms. The summed E-state index contributed by atoms with van der Waals surface area (Å²) in [4.78, 5) is -4.45. The Hall–Kier alpha value is -2.30. The van der Waals surface area contributed by atoms with E-state index in [4.69, 9.17) is 0 Å². The zero-order chi connectivity index (χ0) is 25.8. The Morgan fingerprint density at radius 1 is 0.667 bits per heavy atom. The second kappa shape index (κ2) is 8.18. The van der Waals surface area contributed by atoms with E-state index in [2.05, 4.69) is 0 Å². The van der Waals surface area contributed by atoms with Crippen molar-refractivity contribution in [1.82, 2.24) is 0 Å². The smallest absolute Gasteiger partial charge is 0.248 e. The summed E-state index contributed by atoms with van der Waals surface area (Å²) in [5, 5.41) is -14.0. The SMILES string of the molecule is O=S(c1ccc(F)cc1F)C(F)(F)C(F)(F)C(F)(F)C(F)(F)S(=O)(=O)c1ccc(F)cc1F. The van der Waals surface area contributed by atoms with Gasteiger partial charge in [-0.15, -0.1) is 0 Å². The van der Waals surface area contributed by atoms with E-state index in [1.807, 2.05) is 0 Å². The molecule has 0 aromatic heterocycles. The van der Waals surface area contributed by atoms with Gasteiger partial charge in [0.05, 0.1) is 4.90 Å². The van der Waals surface area contributed by atoms with E-state index in [1.165, 1.54) is 0 Å². The van der Waals surface area contributed by atoms with Crippen LogP contribution >= 0.6 is 0 Å². The molecule has 0 heterocycles. The lowest BCUT2D eigenvalue weighted by atomic mass is 10.2. The Bertz CT molecular complexity index is 1210. The van der Waals surface area contributed by atoms with Crippen LogP contribution in [0.5, 0.6) is 0 Å². The Labute approximate surface area is 178 Å². The molecule has 0 N–H and O–H groups in total. The van der Waals surface area contributed by atoms with E-state index in [9.17, 15) is 65.3 Å². The van der Waals surface area contributed by atoms with Gasteiger partial charge in [0.15, 0.2) is 0 Å². The fourth-order valence-electron chi connectivity index (χ4n) is 2.25. The highest BCUT2D eigenvalue weighted by molar-refractivity contribution is 7.92. The van der Waals surface area contributed by atoms with Gasteiger partial charge in [-0.25, -0.2) is 30.2 Å². The fraction of sp³-hybridized carbons (Fsp3) is 0.250. The minimum absolute atomic E-state index is 0.0384. The molecule has 2 aromatic carbocycles. The van der Waals surface area contributed by atoms with Gasteiger partial charge in [0.2, 0.25) is 0 Å². The Morgan fingerprint density at radius 3 is 1.58 bits per heavy atom. The number of hydrogen-bond acceptors (Lipinski definition) is 3. The number of sulfone groups is 1. The average Bonchev–Trinajstić information content (AvgIpc) is 2.66. The van der Waals surface area contributed by atoms with E-state index >= 15 is 0 Å². The van der Waals surface area contributed by atoms with Crippen molar-refractivity contribution in [1.29, 1.82) is 0 Å². The minimum atomic E-state index is -7.60. The molecule has 0 aliphatic heterocycles. The monoisotopic (exact) mass is 538 g/mol. The molecule has 2 aromatic rings. The van der Waals surface area contributed by atoms with Crippen LogP contribution < -0.4 is 0 Å². The number of alkyl halides is 8. The summed E-state index contributed by atoms with van der Waals surface area (Å²) in [6, 6.07) is -1.10. The maximum absolute atomic E-state index is 14.1. The fourth-order valence-corrected chi connectivity index (χ4v) is 4.62. The molecule has 0 spiro atoms. The molecule has 1 unspecified atom stereocenters. The van der Waals surface area contributed by atoms with E-state index in [-0.39, 0.29) is 30.3 Å². The Morgan fingerprint density at radius 2 is 1.12 bits per heavy atom. The highest BCUT2D eigenvalue weighted by Crippen LogP contribution is 2.57. The first-order valence-electron chi connectivity index (χ1n) is 7.81. The molecule has 0 amide bonds. The van der Waals surface area contributed by atoms with Crippen LogP contribution in [-0.4, -0.2) is 35.0 Å². The van der Waals surface area contributed by atoms with Crippen molar-refractivity contribution in [2.75, 3.05) is 0 Å². The van der Waals surface area contributed by atoms with Gasteiger partial charge in [-0.2, -0.15) is 35.1 Å². The van der Waals surface area contributed by atoms with Crippen LogP contribution in [-0.2, 0) is 20.6 Å². The standard InChI is InChI=1S/C16H6F12O3S2/c17-7-1-3-11(9(19)5-7)32(29)15(25,26)13(21,22)14(23,24)16(27,28)33(30,31)12-4-2-8(18)6-10(12)20/h1-6H. The predicted octanol–water partition coefficient (Wildman–Crippen LogP) is 5.28. The van der Waals surface area contributed by atoms with Gasteiger partial charge in [0, 0.05) is 12.1 Å². The van der Waals surface area contributed by atoms with Crippen molar-refractivity contribution in [3.63, 3.8) is 0 Å². The molecule has 0 radical (unpaired) electrons. The van der Waals surface area contributed by atoms with Gasteiger partial charge in [-0.3, -0.25) is 0 Å². The van der Waals surface area contributed by atoms with Gasteiger partial charge >= 0.3 is 22.4 Å². The maximum Gasteiger partial charge on any atom is 0.418 e. The lowest BCUT2D eigenvalue weighted by Crippen LogP contribution is -2.65. The summed E-state index contributed by atoms with van der Waals surface area (Å²) in [6.45, 7) is 0. The first-order valence-corrected chi connectivity index (χ1v) is 10.4. The van der Waals surface area contributed by atoms with E-state index < -0.39 is 82.1 Å². The Balaban J connectivity index is 2.64. The highest BCUT2D eigenvalue weighted by atomic mass is 32.2. The predicted molar refractivity (Wildman–Crippen MR) is 86.1 cm³/mol. The van der Waals surface area contributed by atoms with Crippen LogP contribution in [0.2, 0.25) is 0 Å². The van der Waals surface area contributed by atoms with Crippen LogP contribution in [0.1, 0.15) is 0 Å². The molecule has 1 atom stereocenters. The number of hydrogen-bond donors (Lipinski definition) is 0. The summed E-state index contributed by atoms with van der Waals surface area (Å²) >= 11 is 0. The van der Waals surface area contributed by atoms with Crippen molar-refractivity contribution < 1.29 is 65.3 Å². The van der Waals surface area contributed by atoms with Crippen LogP contribution in [0.4, 0.5) is 52.7 Å². The van der Waals surface area contributed by atoms with Gasteiger partial charge in [0.1, 0.15) is 39.0 Å². The molecule has 0 aliphatic carbocycles. The third-order valence-corrected chi connectivity index (χ3v) is 7.27. The van der Waals surface area contributed by atoms with E-state index in [1.54, 1.807) is 0 Å². The average molecular weight is 538 g/mol. The second-order valence-electron chi connectivity index (χ2n) is 6.10. The van der Waals surface area contributed by atoms with Crippen molar-refractivity contribution in [2.45, 2.75) is 32.1 Å². The minimum Gasteiger partial charge on any atom is -0.248 e. The molecule has 2 rings (SSSR count). The molecule has 0 aliphatic rings. The molecule has 33 heavy (non-hydrogen) atoms. The third-order valence-electron chi connectivity index (χ3n) is 3.97. The first kappa shape index (κ1) is 26.9. The van der Waals surface area contributed by atoms with Gasteiger partial charge in [-0.05, 0) is 24.3 Å². The lowest BCUT2D eigenvalue weighted by Gasteiger charge is -2.35. The second-order valence-corrected chi connectivity index (χ2v) is 9.55. The largest absolute Gasteiger partial charge is 0.418 e. The van der Waals surface area contributed by atoms with Crippen LogP contribution in [0.15, 0.2) is 46.2 Å². The van der Waals surface area contributed by atoms with E-state index in [0.717, 1.165) is 0 Å². The van der Waals surface area contributed by atoms with Crippen molar-refractivity contribution in [3.8, 4) is 0 Å². The maximum atomic E-state index is 14.1. The van der Waals surface area contributed by atoms with Gasteiger partial charge in [-0.1, -0.05) is 0 Å². The summed E-state index contributed by atoms with van der Waals surface area (Å²) in [6.07, 6.45) is 0. The normalized spacial score (nSPS) is 14.9. The van der Waals surface area contributed by atoms with Crippen LogP contribution in [0.25, 0.3) is 0 Å². The number of halogens is 12. The topological polar surface area (TPSA) is 51.2 Å². The highest BCUT2D eigenvalue weighted by Gasteiger charge is 2.86.